The first-order valence-corrected chi connectivity index (χ1v) is 6.40. The summed E-state index contributed by atoms with van der Waals surface area (Å²) < 4.78 is 45.1. The van der Waals surface area contributed by atoms with E-state index >= 15 is 0 Å². The minimum Gasteiger partial charge on any atom is -0.406 e. The van der Waals surface area contributed by atoms with E-state index in [0.29, 0.717) is 13.2 Å². The molecule has 0 radical (unpaired) electrons. The number of rotatable bonds is 3. The van der Waals surface area contributed by atoms with Crippen molar-refractivity contribution in [2.75, 3.05) is 25.1 Å². The third-order valence-corrected chi connectivity index (χ3v) is 2.98. The first kappa shape index (κ1) is 15.9. The third-order valence-electron chi connectivity index (χ3n) is 2.67. The van der Waals surface area contributed by atoms with Gasteiger partial charge in [-0.3, -0.25) is 4.79 Å². The van der Waals surface area contributed by atoms with Crippen LogP contribution >= 0.6 is 11.6 Å². The molecule has 2 rings (SSSR count). The van der Waals surface area contributed by atoms with Gasteiger partial charge < -0.3 is 20.1 Å². The molecule has 5 nitrogen and oxygen atoms in total. The molecule has 21 heavy (non-hydrogen) atoms. The number of ether oxygens (including phenoxy) is 2. The highest BCUT2D eigenvalue weighted by Gasteiger charge is 2.31. The van der Waals surface area contributed by atoms with Gasteiger partial charge in [0.15, 0.2) is 0 Å². The maximum absolute atomic E-state index is 12.1. The molecule has 1 aliphatic rings. The number of anilines is 1. The molecule has 1 fully saturated rings. The fraction of sp³-hybridized carbons (Fsp3) is 0.417. The van der Waals surface area contributed by atoms with Crippen molar-refractivity contribution in [2.24, 2.45) is 0 Å². The number of amides is 1. The molecular formula is C12H12ClF3N2O3. The summed E-state index contributed by atoms with van der Waals surface area (Å²) >= 11 is 5.83. The van der Waals surface area contributed by atoms with E-state index in [-0.39, 0.29) is 23.2 Å². The highest BCUT2D eigenvalue weighted by Crippen LogP contribution is 2.30. The van der Waals surface area contributed by atoms with Crippen LogP contribution in [-0.4, -0.2) is 38.1 Å². The maximum Gasteiger partial charge on any atom is 0.573 e. The molecule has 2 N–H and O–H groups in total. The van der Waals surface area contributed by atoms with Crippen LogP contribution in [0.5, 0.6) is 5.75 Å². The Morgan fingerprint density at radius 2 is 2.24 bits per heavy atom. The summed E-state index contributed by atoms with van der Waals surface area (Å²) in [5.74, 6) is -0.828. The van der Waals surface area contributed by atoms with E-state index in [1.165, 1.54) is 6.07 Å². The Kier molecular flexibility index (Phi) is 4.92. The predicted octanol–water partition coefficient (Wildman–Crippen LogP) is 2.17. The van der Waals surface area contributed by atoms with Crippen molar-refractivity contribution < 1.29 is 27.4 Å². The van der Waals surface area contributed by atoms with Gasteiger partial charge in [0, 0.05) is 12.6 Å². The molecular weight excluding hydrogens is 313 g/mol. The van der Waals surface area contributed by atoms with Gasteiger partial charge in [-0.1, -0.05) is 11.6 Å². The average molecular weight is 325 g/mol. The standard InChI is InChI=1S/C12H12ClF3N2O3/c13-8-5-7(21-12(14,15)16)1-2-9(8)18-11(19)10-6-20-4-3-17-10/h1-2,5,10,17H,3-4,6H2,(H,18,19). The quantitative estimate of drug-likeness (QED) is 0.894. The molecule has 1 aromatic rings. The number of hydrogen-bond donors (Lipinski definition) is 2. The lowest BCUT2D eigenvalue weighted by Gasteiger charge is -2.23. The first-order valence-electron chi connectivity index (χ1n) is 6.02. The molecule has 1 atom stereocenters. The van der Waals surface area contributed by atoms with E-state index in [4.69, 9.17) is 16.3 Å². The zero-order chi connectivity index (χ0) is 15.5. The van der Waals surface area contributed by atoms with Gasteiger partial charge in [-0.25, -0.2) is 0 Å². The molecule has 0 saturated carbocycles. The zero-order valence-corrected chi connectivity index (χ0v) is 11.4. The van der Waals surface area contributed by atoms with Crippen LogP contribution in [0, 0.1) is 0 Å². The summed E-state index contributed by atoms with van der Waals surface area (Å²) in [5, 5.41) is 5.41. The van der Waals surface area contributed by atoms with Crippen molar-refractivity contribution >= 4 is 23.2 Å². The van der Waals surface area contributed by atoms with Crippen LogP contribution < -0.4 is 15.4 Å². The fourth-order valence-corrected chi connectivity index (χ4v) is 1.97. The van der Waals surface area contributed by atoms with Crippen LogP contribution in [0.2, 0.25) is 5.02 Å². The molecule has 1 unspecified atom stereocenters. The molecule has 0 bridgehead atoms. The lowest BCUT2D eigenvalue weighted by atomic mass is 10.2. The summed E-state index contributed by atoms with van der Waals surface area (Å²) in [6, 6.07) is 2.76. The molecule has 116 valence electrons. The number of nitrogens with one attached hydrogen (secondary N) is 2. The minimum atomic E-state index is -4.79. The Labute approximate surface area is 123 Å². The van der Waals surface area contributed by atoms with Gasteiger partial charge in [0.25, 0.3) is 0 Å². The van der Waals surface area contributed by atoms with E-state index in [9.17, 15) is 18.0 Å². The summed E-state index contributed by atoms with van der Waals surface area (Å²) in [6.45, 7) is 1.29. The summed E-state index contributed by atoms with van der Waals surface area (Å²) in [6.07, 6.45) is -4.79. The summed E-state index contributed by atoms with van der Waals surface area (Å²) in [4.78, 5) is 11.9. The summed E-state index contributed by atoms with van der Waals surface area (Å²) in [7, 11) is 0. The van der Waals surface area contributed by atoms with Crippen LogP contribution in [-0.2, 0) is 9.53 Å². The minimum absolute atomic E-state index is 0.0539. The van der Waals surface area contributed by atoms with Crippen molar-refractivity contribution in [3.8, 4) is 5.75 Å². The van der Waals surface area contributed by atoms with E-state index in [1.54, 1.807) is 0 Å². The van der Waals surface area contributed by atoms with Crippen molar-refractivity contribution in [3.63, 3.8) is 0 Å². The molecule has 1 aliphatic heterocycles. The number of carbonyl (C=O) groups is 1. The molecule has 1 amide bonds. The largest absolute Gasteiger partial charge is 0.573 e. The van der Waals surface area contributed by atoms with Gasteiger partial charge in [0.1, 0.15) is 11.8 Å². The predicted molar refractivity (Wildman–Crippen MR) is 69.4 cm³/mol. The second kappa shape index (κ2) is 6.50. The van der Waals surface area contributed by atoms with E-state index in [2.05, 4.69) is 15.4 Å². The van der Waals surface area contributed by atoms with Crippen LogP contribution in [0.4, 0.5) is 18.9 Å². The SMILES string of the molecule is O=C(Nc1ccc(OC(F)(F)F)cc1Cl)C1COCCN1. The Bertz CT molecular complexity index is 519. The fourth-order valence-electron chi connectivity index (χ4n) is 1.75. The number of alkyl halides is 3. The van der Waals surface area contributed by atoms with E-state index in [0.717, 1.165) is 12.1 Å². The van der Waals surface area contributed by atoms with Crippen molar-refractivity contribution in [1.29, 1.82) is 0 Å². The smallest absolute Gasteiger partial charge is 0.406 e. The molecule has 9 heteroatoms. The highest BCUT2D eigenvalue weighted by atomic mass is 35.5. The number of morpholine rings is 1. The number of benzene rings is 1. The number of carbonyl (C=O) groups excluding carboxylic acids is 1. The Morgan fingerprint density at radius 3 is 2.81 bits per heavy atom. The van der Waals surface area contributed by atoms with Crippen molar-refractivity contribution in [1.82, 2.24) is 5.32 Å². The molecule has 0 spiro atoms. The normalized spacial score (nSPS) is 19.1. The van der Waals surface area contributed by atoms with Crippen molar-refractivity contribution in [3.05, 3.63) is 23.2 Å². The molecule has 1 aromatic carbocycles. The molecule has 1 saturated heterocycles. The lowest BCUT2D eigenvalue weighted by Crippen LogP contribution is -2.48. The van der Waals surface area contributed by atoms with Gasteiger partial charge in [-0.05, 0) is 12.1 Å². The first-order chi connectivity index (χ1) is 9.85. The monoisotopic (exact) mass is 324 g/mol. The highest BCUT2D eigenvalue weighted by molar-refractivity contribution is 6.33. The van der Waals surface area contributed by atoms with Gasteiger partial charge in [-0.2, -0.15) is 0 Å². The van der Waals surface area contributed by atoms with Gasteiger partial charge in [0.2, 0.25) is 5.91 Å². The maximum atomic E-state index is 12.1. The zero-order valence-electron chi connectivity index (χ0n) is 10.7. The van der Waals surface area contributed by atoms with Gasteiger partial charge >= 0.3 is 6.36 Å². The van der Waals surface area contributed by atoms with E-state index in [1.807, 2.05) is 0 Å². The second-order valence-corrected chi connectivity index (χ2v) is 4.67. The van der Waals surface area contributed by atoms with E-state index < -0.39 is 18.2 Å². The van der Waals surface area contributed by atoms with Crippen LogP contribution in [0.1, 0.15) is 0 Å². The van der Waals surface area contributed by atoms with Crippen LogP contribution in [0.3, 0.4) is 0 Å². The second-order valence-electron chi connectivity index (χ2n) is 4.26. The molecule has 0 aromatic heterocycles. The molecule has 0 aliphatic carbocycles. The van der Waals surface area contributed by atoms with Gasteiger partial charge in [-0.15, -0.1) is 13.2 Å². The van der Waals surface area contributed by atoms with Crippen LogP contribution in [0.25, 0.3) is 0 Å². The summed E-state index contributed by atoms with van der Waals surface area (Å²) in [5.41, 5.74) is 0.198. The average Bonchev–Trinajstić information content (AvgIpc) is 2.41. The lowest BCUT2D eigenvalue weighted by molar-refractivity contribution is -0.274. The van der Waals surface area contributed by atoms with Gasteiger partial charge in [0.05, 0.1) is 23.9 Å². The van der Waals surface area contributed by atoms with Crippen LogP contribution in [0.15, 0.2) is 18.2 Å². The Balaban J connectivity index is 2.02. The Morgan fingerprint density at radius 1 is 1.48 bits per heavy atom. The third kappa shape index (κ3) is 4.76. The topological polar surface area (TPSA) is 59.6 Å². The Hall–Kier alpha value is -1.51. The number of halogens is 4. The number of hydrogen-bond acceptors (Lipinski definition) is 4. The van der Waals surface area contributed by atoms with Crippen molar-refractivity contribution in [2.45, 2.75) is 12.4 Å². The molecule has 1 heterocycles.